The van der Waals surface area contributed by atoms with Crippen LogP contribution in [0.2, 0.25) is 0 Å². The van der Waals surface area contributed by atoms with Crippen LogP contribution in [0.25, 0.3) is 10.9 Å². The van der Waals surface area contributed by atoms with Crippen molar-refractivity contribution >= 4 is 16.8 Å². The molecule has 3 rings (SSSR count). The van der Waals surface area contributed by atoms with Crippen molar-refractivity contribution in [3.05, 3.63) is 35.3 Å². The summed E-state index contributed by atoms with van der Waals surface area (Å²) in [6.07, 6.45) is 2.38. The van der Waals surface area contributed by atoms with Gasteiger partial charge < -0.3 is 20.3 Å². The van der Waals surface area contributed by atoms with Crippen molar-refractivity contribution in [2.75, 3.05) is 26.2 Å². The monoisotopic (exact) mass is 333 g/mol. The number of benzene rings is 1. The number of aliphatic hydroxyl groups excluding tert-OH is 1. The first-order valence-electron chi connectivity index (χ1n) is 8.50. The summed E-state index contributed by atoms with van der Waals surface area (Å²) in [4.78, 5) is 17.5. The summed E-state index contributed by atoms with van der Waals surface area (Å²) < 4.78 is 13.4. The van der Waals surface area contributed by atoms with Gasteiger partial charge in [-0.3, -0.25) is 4.79 Å². The molecule has 1 aromatic carbocycles. The predicted octanol–water partition coefficient (Wildman–Crippen LogP) is 2.19. The first-order valence-corrected chi connectivity index (χ1v) is 8.50. The summed E-state index contributed by atoms with van der Waals surface area (Å²) in [7, 11) is 0. The van der Waals surface area contributed by atoms with E-state index in [0.717, 1.165) is 49.8 Å². The fourth-order valence-corrected chi connectivity index (χ4v) is 3.24. The molecule has 0 aliphatic carbocycles. The molecule has 0 unspecified atom stereocenters. The van der Waals surface area contributed by atoms with Gasteiger partial charge in [-0.15, -0.1) is 0 Å². The third-order valence-electron chi connectivity index (χ3n) is 4.65. The molecule has 2 heterocycles. The molecule has 3 N–H and O–H groups in total. The number of aromatic nitrogens is 1. The molecule has 0 saturated carbocycles. The molecule has 0 radical (unpaired) electrons. The zero-order chi connectivity index (χ0) is 17.1. The van der Waals surface area contributed by atoms with Crippen LogP contribution in [-0.4, -0.2) is 53.2 Å². The lowest BCUT2D eigenvalue weighted by Gasteiger charge is -2.29. The highest BCUT2D eigenvalue weighted by Crippen LogP contribution is 2.21. The van der Waals surface area contributed by atoms with Gasteiger partial charge in [0, 0.05) is 30.5 Å². The maximum Gasteiger partial charge on any atom is 0.267 e. The average Bonchev–Trinajstić information content (AvgIpc) is 2.97. The molecule has 5 nitrogen and oxygen atoms in total. The van der Waals surface area contributed by atoms with Gasteiger partial charge in [0.25, 0.3) is 5.91 Å². The molecule has 0 atom stereocenters. The van der Waals surface area contributed by atoms with Gasteiger partial charge in [0.1, 0.15) is 11.5 Å². The van der Waals surface area contributed by atoms with E-state index in [9.17, 15) is 14.3 Å². The third-order valence-corrected chi connectivity index (χ3v) is 4.65. The standard InChI is InChI=1S/C18H24FN3O2/c1-12-9-13(19)10-16-15(12)11-17(21-16)18(24)20-5-2-6-22-7-3-14(23)4-8-22/h9-11,14,21,23H,2-8H2,1H3,(H,20,24). The Morgan fingerprint density at radius 1 is 1.38 bits per heavy atom. The number of carbonyl (C=O) groups is 1. The van der Waals surface area contributed by atoms with Gasteiger partial charge in [0.05, 0.1) is 6.10 Å². The molecule has 1 amide bonds. The first kappa shape index (κ1) is 16.9. The number of hydrogen-bond donors (Lipinski definition) is 3. The van der Waals surface area contributed by atoms with Crippen molar-refractivity contribution in [3.8, 4) is 0 Å². The summed E-state index contributed by atoms with van der Waals surface area (Å²) in [5, 5.41) is 13.3. The molecule has 1 aliphatic rings. The Morgan fingerprint density at radius 2 is 2.12 bits per heavy atom. The van der Waals surface area contributed by atoms with E-state index in [1.165, 1.54) is 12.1 Å². The second-order valence-electron chi connectivity index (χ2n) is 6.55. The first-order chi connectivity index (χ1) is 11.5. The number of hydrogen-bond acceptors (Lipinski definition) is 3. The van der Waals surface area contributed by atoms with Crippen LogP contribution in [0.15, 0.2) is 18.2 Å². The van der Waals surface area contributed by atoms with E-state index in [-0.39, 0.29) is 17.8 Å². The summed E-state index contributed by atoms with van der Waals surface area (Å²) in [5.74, 6) is -0.472. The van der Waals surface area contributed by atoms with Crippen molar-refractivity contribution in [1.82, 2.24) is 15.2 Å². The minimum Gasteiger partial charge on any atom is -0.393 e. The zero-order valence-corrected chi connectivity index (χ0v) is 13.9. The number of nitrogens with one attached hydrogen (secondary N) is 2. The van der Waals surface area contributed by atoms with Crippen LogP contribution in [0.1, 0.15) is 35.3 Å². The molecular formula is C18H24FN3O2. The van der Waals surface area contributed by atoms with E-state index < -0.39 is 0 Å². The Morgan fingerprint density at radius 3 is 2.88 bits per heavy atom. The number of piperidine rings is 1. The van der Waals surface area contributed by atoms with Crippen LogP contribution >= 0.6 is 0 Å². The number of halogens is 1. The number of H-pyrrole nitrogens is 1. The molecule has 0 spiro atoms. The molecule has 130 valence electrons. The van der Waals surface area contributed by atoms with Crippen LogP contribution < -0.4 is 5.32 Å². The van der Waals surface area contributed by atoms with Crippen LogP contribution in [0.3, 0.4) is 0 Å². The fourth-order valence-electron chi connectivity index (χ4n) is 3.24. The average molecular weight is 333 g/mol. The van der Waals surface area contributed by atoms with E-state index in [2.05, 4.69) is 15.2 Å². The summed E-state index contributed by atoms with van der Waals surface area (Å²) >= 11 is 0. The molecule has 0 bridgehead atoms. The molecular weight excluding hydrogens is 309 g/mol. The number of aryl methyl sites for hydroxylation is 1. The quantitative estimate of drug-likeness (QED) is 0.735. The van der Waals surface area contributed by atoms with Crippen molar-refractivity contribution < 1.29 is 14.3 Å². The number of fused-ring (bicyclic) bond motifs is 1. The van der Waals surface area contributed by atoms with E-state index in [1.807, 2.05) is 6.92 Å². The largest absolute Gasteiger partial charge is 0.393 e. The number of rotatable bonds is 5. The minimum absolute atomic E-state index is 0.156. The van der Waals surface area contributed by atoms with Crippen LogP contribution in [0.4, 0.5) is 4.39 Å². The highest BCUT2D eigenvalue weighted by Gasteiger charge is 2.16. The number of likely N-dealkylation sites (tertiary alicyclic amines) is 1. The van der Waals surface area contributed by atoms with Crippen LogP contribution in [0, 0.1) is 12.7 Å². The molecule has 1 aliphatic heterocycles. The van der Waals surface area contributed by atoms with Crippen molar-refractivity contribution in [1.29, 1.82) is 0 Å². The number of aliphatic hydroxyl groups is 1. The Labute approximate surface area is 140 Å². The minimum atomic E-state index is -0.305. The van der Waals surface area contributed by atoms with Gasteiger partial charge >= 0.3 is 0 Å². The highest BCUT2D eigenvalue weighted by molar-refractivity contribution is 5.98. The molecule has 1 aromatic heterocycles. The number of nitrogens with zero attached hydrogens (tertiary/aromatic N) is 1. The summed E-state index contributed by atoms with van der Waals surface area (Å²) in [5.41, 5.74) is 1.91. The lowest BCUT2D eigenvalue weighted by molar-refractivity contribution is 0.0816. The molecule has 1 fully saturated rings. The third kappa shape index (κ3) is 3.94. The summed E-state index contributed by atoms with van der Waals surface area (Å²) in [6, 6.07) is 4.64. The zero-order valence-electron chi connectivity index (χ0n) is 13.9. The highest BCUT2D eigenvalue weighted by atomic mass is 19.1. The van der Waals surface area contributed by atoms with Gasteiger partial charge in [0.15, 0.2) is 0 Å². The Kier molecular flexibility index (Phi) is 5.16. The predicted molar refractivity (Wildman–Crippen MR) is 91.6 cm³/mol. The van der Waals surface area contributed by atoms with Crippen molar-refractivity contribution in [2.45, 2.75) is 32.3 Å². The summed E-state index contributed by atoms with van der Waals surface area (Å²) in [6.45, 7) is 5.19. The SMILES string of the molecule is Cc1cc(F)cc2[nH]c(C(=O)NCCCN3CCC(O)CC3)cc12. The van der Waals surface area contributed by atoms with Crippen molar-refractivity contribution in [2.24, 2.45) is 0 Å². The number of amides is 1. The molecule has 2 aromatic rings. The van der Waals surface area contributed by atoms with Crippen molar-refractivity contribution in [3.63, 3.8) is 0 Å². The van der Waals surface area contributed by atoms with E-state index in [1.54, 1.807) is 6.07 Å². The lowest BCUT2D eigenvalue weighted by atomic mass is 10.1. The Bertz CT molecular complexity index is 720. The number of carbonyl (C=O) groups excluding carboxylic acids is 1. The maximum absolute atomic E-state index is 13.4. The van der Waals surface area contributed by atoms with Gasteiger partial charge in [0.2, 0.25) is 0 Å². The maximum atomic E-state index is 13.4. The topological polar surface area (TPSA) is 68.4 Å². The van der Waals surface area contributed by atoms with E-state index in [0.29, 0.717) is 17.8 Å². The van der Waals surface area contributed by atoms with Gasteiger partial charge in [-0.1, -0.05) is 0 Å². The lowest BCUT2D eigenvalue weighted by Crippen LogP contribution is -2.37. The van der Waals surface area contributed by atoms with Crippen LogP contribution in [-0.2, 0) is 0 Å². The Hall–Kier alpha value is -1.92. The van der Waals surface area contributed by atoms with Gasteiger partial charge in [-0.25, -0.2) is 4.39 Å². The number of aromatic amines is 1. The second kappa shape index (κ2) is 7.32. The van der Waals surface area contributed by atoms with E-state index >= 15 is 0 Å². The Balaban J connectivity index is 1.49. The second-order valence-corrected chi connectivity index (χ2v) is 6.55. The van der Waals surface area contributed by atoms with E-state index in [4.69, 9.17) is 0 Å². The molecule has 24 heavy (non-hydrogen) atoms. The van der Waals surface area contributed by atoms with Gasteiger partial charge in [-0.2, -0.15) is 0 Å². The molecule has 1 saturated heterocycles. The van der Waals surface area contributed by atoms with Crippen LogP contribution in [0.5, 0.6) is 0 Å². The fraction of sp³-hybridized carbons (Fsp3) is 0.500. The van der Waals surface area contributed by atoms with Gasteiger partial charge in [-0.05, 0) is 56.5 Å². The normalized spacial score (nSPS) is 16.6. The smallest absolute Gasteiger partial charge is 0.267 e. The molecule has 6 heteroatoms.